The Bertz CT molecular complexity index is 1230. The zero-order valence-corrected chi connectivity index (χ0v) is 17.7. The quantitative estimate of drug-likeness (QED) is 0.336. The molecule has 0 amide bonds. The minimum Gasteiger partial charge on any atom is -0.485 e. The van der Waals surface area contributed by atoms with Gasteiger partial charge in [-0.25, -0.2) is 14.4 Å². The van der Waals surface area contributed by atoms with Crippen LogP contribution in [-0.4, -0.2) is 30.8 Å². The van der Waals surface area contributed by atoms with E-state index in [9.17, 15) is 14.4 Å². The van der Waals surface area contributed by atoms with Gasteiger partial charge in [-0.15, -0.1) is 0 Å². The topological polar surface area (TPSA) is 101 Å². The summed E-state index contributed by atoms with van der Waals surface area (Å²) in [6, 6.07) is 14.1. The summed E-state index contributed by atoms with van der Waals surface area (Å²) < 4.78 is 26.4. The van der Waals surface area contributed by atoms with E-state index in [4.69, 9.17) is 18.6 Å². The third kappa shape index (κ3) is 4.20. The number of hydrogen-bond acceptors (Lipinski definition) is 8. The fraction of sp³-hybridized carbons (Fsp3) is 0.208. The van der Waals surface area contributed by atoms with Gasteiger partial charge in [0.2, 0.25) is 5.76 Å². The molecule has 1 saturated heterocycles. The van der Waals surface area contributed by atoms with Gasteiger partial charge in [0.05, 0.1) is 7.11 Å². The van der Waals surface area contributed by atoms with Gasteiger partial charge in [-0.1, -0.05) is 30.3 Å². The Hall–Kier alpha value is -4.07. The van der Waals surface area contributed by atoms with Crippen molar-refractivity contribution in [3.05, 3.63) is 71.2 Å². The number of ether oxygens (including phenoxy) is 4. The van der Waals surface area contributed by atoms with Crippen molar-refractivity contribution < 1.29 is 37.7 Å². The van der Waals surface area contributed by atoms with Crippen molar-refractivity contribution in [2.24, 2.45) is 0 Å². The lowest BCUT2D eigenvalue weighted by molar-refractivity contribution is -0.222. The summed E-state index contributed by atoms with van der Waals surface area (Å²) in [5.41, 5.74) is 0.267. The van der Waals surface area contributed by atoms with Gasteiger partial charge in [0.25, 0.3) is 5.79 Å². The molecule has 32 heavy (non-hydrogen) atoms. The van der Waals surface area contributed by atoms with Crippen LogP contribution in [-0.2, 0) is 30.4 Å². The molecule has 0 radical (unpaired) electrons. The molecule has 0 atom stereocenters. The molecule has 8 heteroatoms. The van der Waals surface area contributed by atoms with Crippen LogP contribution >= 0.6 is 0 Å². The summed E-state index contributed by atoms with van der Waals surface area (Å²) >= 11 is 0. The van der Waals surface area contributed by atoms with Gasteiger partial charge in [-0.3, -0.25) is 0 Å². The zero-order valence-electron chi connectivity index (χ0n) is 17.7. The second kappa shape index (κ2) is 8.22. The fourth-order valence-electron chi connectivity index (χ4n) is 3.29. The molecule has 1 aliphatic heterocycles. The molecule has 0 spiro atoms. The van der Waals surface area contributed by atoms with Crippen molar-refractivity contribution in [2.75, 3.05) is 7.11 Å². The predicted octanol–water partition coefficient (Wildman–Crippen LogP) is 4.02. The average molecular weight is 436 g/mol. The molecule has 164 valence electrons. The van der Waals surface area contributed by atoms with E-state index >= 15 is 0 Å². The van der Waals surface area contributed by atoms with Crippen molar-refractivity contribution in [2.45, 2.75) is 26.2 Å². The first kappa shape index (κ1) is 21.2. The maximum Gasteiger partial charge on any atom is 0.373 e. The minimum atomic E-state index is -1.33. The maximum atomic E-state index is 12.5. The minimum absolute atomic E-state index is 0.00737. The van der Waals surface area contributed by atoms with Crippen LogP contribution < -0.4 is 4.74 Å². The van der Waals surface area contributed by atoms with E-state index in [1.54, 1.807) is 12.1 Å². The molecular weight excluding hydrogens is 416 g/mol. The SMILES string of the molecule is COC(=O)c1ccc(COc2ccc3ccccc3c2C=C2C(=O)OC(C)(C)OC2=O)o1. The highest BCUT2D eigenvalue weighted by Gasteiger charge is 2.39. The number of methoxy groups -OCH3 is 1. The molecule has 0 saturated carbocycles. The molecule has 1 fully saturated rings. The van der Waals surface area contributed by atoms with Gasteiger partial charge < -0.3 is 23.4 Å². The van der Waals surface area contributed by atoms with Gasteiger partial charge in [0.1, 0.15) is 23.7 Å². The van der Waals surface area contributed by atoms with Crippen LogP contribution in [0.1, 0.15) is 35.7 Å². The molecule has 1 aromatic heterocycles. The lowest BCUT2D eigenvalue weighted by Crippen LogP contribution is -2.41. The van der Waals surface area contributed by atoms with Crippen LogP contribution in [0.2, 0.25) is 0 Å². The lowest BCUT2D eigenvalue weighted by Gasteiger charge is -2.29. The number of rotatable bonds is 5. The molecular formula is C24H20O8. The molecule has 4 rings (SSSR count). The summed E-state index contributed by atoms with van der Waals surface area (Å²) in [6.45, 7) is 2.98. The van der Waals surface area contributed by atoms with E-state index in [0.717, 1.165) is 10.8 Å². The Labute approximate surface area is 183 Å². The first-order chi connectivity index (χ1) is 15.3. The van der Waals surface area contributed by atoms with Crippen LogP contribution in [0.15, 0.2) is 58.5 Å². The number of carbonyl (C=O) groups excluding carboxylic acids is 3. The summed E-state index contributed by atoms with van der Waals surface area (Å²) in [4.78, 5) is 36.5. The molecule has 0 bridgehead atoms. The molecule has 2 aromatic carbocycles. The maximum absolute atomic E-state index is 12.5. The first-order valence-electron chi connectivity index (χ1n) is 9.77. The Kier molecular flexibility index (Phi) is 5.44. The highest BCUT2D eigenvalue weighted by Crippen LogP contribution is 2.33. The Morgan fingerprint density at radius 3 is 2.44 bits per heavy atom. The molecule has 0 aliphatic carbocycles. The molecule has 0 N–H and O–H groups in total. The Morgan fingerprint density at radius 2 is 1.72 bits per heavy atom. The number of cyclic esters (lactones) is 2. The third-order valence-electron chi connectivity index (χ3n) is 4.75. The van der Waals surface area contributed by atoms with Crippen LogP contribution in [0.4, 0.5) is 0 Å². The van der Waals surface area contributed by atoms with E-state index in [1.807, 2.05) is 30.3 Å². The second-order valence-corrected chi connectivity index (χ2v) is 7.48. The molecule has 3 aromatic rings. The largest absolute Gasteiger partial charge is 0.485 e. The highest BCUT2D eigenvalue weighted by atomic mass is 16.7. The second-order valence-electron chi connectivity index (χ2n) is 7.48. The van der Waals surface area contributed by atoms with Crippen molar-refractivity contribution in [1.82, 2.24) is 0 Å². The van der Waals surface area contributed by atoms with E-state index in [1.165, 1.54) is 33.1 Å². The summed E-state index contributed by atoms with van der Waals surface area (Å²) in [7, 11) is 1.26. The van der Waals surface area contributed by atoms with Crippen molar-refractivity contribution in [3.63, 3.8) is 0 Å². The normalized spacial score (nSPS) is 15.2. The molecule has 0 unspecified atom stereocenters. The van der Waals surface area contributed by atoms with Crippen molar-refractivity contribution in [3.8, 4) is 5.75 Å². The monoisotopic (exact) mass is 436 g/mol. The predicted molar refractivity (Wildman–Crippen MR) is 113 cm³/mol. The van der Waals surface area contributed by atoms with Gasteiger partial charge >= 0.3 is 17.9 Å². The summed E-state index contributed by atoms with van der Waals surface area (Å²) in [5, 5.41) is 1.65. The lowest BCUT2D eigenvalue weighted by atomic mass is 10.0. The number of furan rings is 1. The van der Waals surface area contributed by atoms with Crippen LogP contribution in [0.5, 0.6) is 5.75 Å². The smallest absolute Gasteiger partial charge is 0.373 e. The van der Waals surface area contributed by atoms with Gasteiger partial charge in [0, 0.05) is 19.4 Å². The number of carbonyl (C=O) groups is 3. The fourth-order valence-corrected chi connectivity index (χ4v) is 3.29. The Morgan fingerprint density at radius 1 is 1.00 bits per heavy atom. The first-order valence-corrected chi connectivity index (χ1v) is 9.77. The Balaban J connectivity index is 1.70. The van der Waals surface area contributed by atoms with Crippen molar-refractivity contribution in [1.29, 1.82) is 0 Å². The van der Waals surface area contributed by atoms with Crippen LogP contribution in [0.25, 0.3) is 16.8 Å². The third-order valence-corrected chi connectivity index (χ3v) is 4.75. The van der Waals surface area contributed by atoms with Crippen molar-refractivity contribution >= 4 is 34.8 Å². The average Bonchev–Trinajstić information content (AvgIpc) is 3.23. The number of fused-ring (bicyclic) bond motifs is 1. The zero-order chi connectivity index (χ0) is 22.9. The molecule has 2 heterocycles. The van der Waals surface area contributed by atoms with Crippen LogP contribution in [0.3, 0.4) is 0 Å². The summed E-state index contributed by atoms with van der Waals surface area (Å²) in [6.07, 6.45) is 1.40. The highest BCUT2D eigenvalue weighted by molar-refractivity contribution is 6.19. The standard InChI is InChI=1S/C24H20O8/c1-24(2)31-21(25)18(22(26)32-24)12-17-16-7-5-4-6-14(16)8-10-19(17)29-13-15-9-11-20(30-15)23(27)28-3/h4-12H,13H2,1-3H3. The number of benzene rings is 2. The van der Waals surface area contributed by atoms with E-state index < -0.39 is 23.7 Å². The molecule has 1 aliphatic rings. The van der Waals surface area contributed by atoms with Gasteiger partial charge in [0.15, 0.2) is 0 Å². The van der Waals surface area contributed by atoms with Crippen LogP contribution in [0, 0.1) is 0 Å². The number of hydrogen-bond donors (Lipinski definition) is 0. The summed E-state index contributed by atoms with van der Waals surface area (Å²) in [5.74, 6) is -2.63. The van der Waals surface area contributed by atoms with Gasteiger partial charge in [-0.05, 0) is 35.0 Å². The van der Waals surface area contributed by atoms with E-state index in [0.29, 0.717) is 17.1 Å². The number of esters is 3. The van der Waals surface area contributed by atoms with E-state index in [2.05, 4.69) is 4.74 Å². The van der Waals surface area contributed by atoms with Gasteiger partial charge in [-0.2, -0.15) is 0 Å². The molecule has 8 nitrogen and oxygen atoms in total. The van der Waals surface area contributed by atoms with E-state index in [-0.39, 0.29) is 17.9 Å².